The number of unbranched alkanes of at least 4 members (excludes halogenated alkanes) is 1. The average Bonchev–Trinajstić information content (AvgIpc) is 2.41. The first kappa shape index (κ1) is 18.0. The van der Waals surface area contributed by atoms with Crippen molar-refractivity contribution in [1.29, 1.82) is 0 Å². The van der Waals surface area contributed by atoms with Gasteiger partial charge in [0.05, 0.1) is 6.54 Å². The molecule has 0 aliphatic rings. The summed E-state index contributed by atoms with van der Waals surface area (Å²) in [6.45, 7) is 1.08. The third kappa shape index (κ3) is 5.77. The van der Waals surface area contributed by atoms with Crippen LogP contribution in [0.1, 0.15) is 38.2 Å². The number of rotatable bonds is 8. The number of aliphatic carboxylic acids is 1. The lowest BCUT2D eigenvalue weighted by molar-refractivity contribution is -0.137. The maximum absolute atomic E-state index is 13.6. The maximum atomic E-state index is 13.6. The van der Waals surface area contributed by atoms with Crippen LogP contribution in [0.25, 0.3) is 0 Å². The van der Waals surface area contributed by atoms with Gasteiger partial charge in [0, 0.05) is 24.5 Å². The zero-order chi connectivity index (χ0) is 16.8. The first-order valence-corrected chi connectivity index (χ1v) is 6.89. The smallest absolute Gasteiger partial charge is 0.303 e. The largest absolute Gasteiger partial charge is 0.481 e. The summed E-state index contributed by atoms with van der Waals surface area (Å²) in [7, 11) is 0. The van der Waals surface area contributed by atoms with E-state index < -0.39 is 23.2 Å². The number of carbonyl (C=O) groups is 2. The fraction of sp³-hybridized carbons (Fsp3) is 0.467. The molecule has 1 unspecified atom stereocenters. The summed E-state index contributed by atoms with van der Waals surface area (Å²) in [6.07, 6.45) is 0.901. The Morgan fingerprint density at radius 1 is 1.23 bits per heavy atom. The Morgan fingerprint density at radius 3 is 2.45 bits per heavy atom. The summed E-state index contributed by atoms with van der Waals surface area (Å²) < 4.78 is 26.5. The molecule has 1 rings (SSSR count). The van der Waals surface area contributed by atoms with Crippen molar-refractivity contribution in [2.45, 2.75) is 38.2 Å². The Balaban J connectivity index is 2.48. The van der Waals surface area contributed by atoms with Crippen molar-refractivity contribution in [1.82, 2.24) is 5.32 Å². The van der Waals surface area contributed by atoms with Crippen LogP contribution in [0.5, 0.6) is 0 Å². The predicted octanol–water partition coefficient (Wildman–Crippen LogP) is 1.93. The molecule has 0 saturated carbocycles. The van der Waals surface area contributed by atoms with Gasteiger partial charge in [0.15, 0.2) is 0 Å². The zero-order valence-corrected chi connectivity index (χ0v) is 12.2. The minimum absolute atomic E-state index is 0.00815. The van der Waals surface area contributed by atoms with Crippen molar-refractivity contribution in [3.05, 3.63) is 35.4 Å². The Labute approximate surface area is 127 Å². The van der Waals surface area contributed by atoms with Gasteiger partial charge in [-0.3, -0.25) is 9.59 Å². The molecular formula is C15H19F2NO4. The van der Waals surface area contributed by atoms with E-state index in [1.54, 1.807) is 0 Å². The van der Waals surface area contributed by atoms with E-state index in [-0.39, 0.29) is 30.9 Å². The van der Waals surface area contributed by atoms with Crippen LogP contribution in [0.15, 0.2) is 18.2 Å². The van der Waals surface area contributed by atoms with Gasteiger partial charge in [-0.25, -0.2) is 8.78 Å². The van der Waals surface area contributed by atoms with Gasteiger partial charge in [-0.1, -0.05) is 6.07 Å². The van der Waals surface area contributed by atoms with Crippen molar-refractivity contribution < 1.29 is 28.6 Å². The molecule has 0 aliphatic carbocycles. The number of hydrogen-bond acceptors (Lipinski definition) is 3. The summed E-state index contributed by atoms with van der Waals surface area (Å²) in [5.41, 5.74) is -1.78. The molecule has 22 heavy (non-hydrogen) atoms. The number of carboxylic acid groups (broad SMARTS) is 1. The van der Waals surface area contributed by atoms with Crippen molar-refractivity contribution >= 4 is 11.9 Å². The van der Waals surface area contributed by atoms with E-state index >= 15 is 0 Å². The molecular weight excluding hydrogens is 296 g/mol. The predicted molar refractivity (Wildman–Crippen MR) is 75.0 cm³/mol. The van der Waals surface area contributed by atoms with Crippen molar-refractivity contribution in [2.24, 2.45) is 0 Å². The lowest BCUT2D eigenvalue weighted by Gasteiger charge is -2.24. The summed E-state index contributed by atoms with van der Waals surface area (Å²) in [6, 6.07) is 2.82. The second-order valence-corrected chi connectivity index (χ2v) is 5.28. The van der Waals surface area contributed by atoms with Gasteiger partial charge in [-0.2, -0.15) is 0 Å². The molecule has 3 N–H and O–H groups in total. The molecule has 0 spiro atoms. The minimum atomic E-state index is -1.67. The topological polar surface area (TPSA) is 86.6 Å². The van der Waals surface area contributed by atoms with Gasteiger partial charge in [0.1, 0.15) is 17.2 Å². The average molecular weight is 315 g/mol. The number of benzene rings is 1. The molecule has 1 aromatic carbocycles. The normalized spacial score (nSPS) is 13.5. The fourth-order valence-corrected chi connectivity index (χ4v) is 1.94. The monoisotopic (exact) mass is 315 g/mol. The highest BCUT2D eigenvalue weighted by Gasteiger charge is 2.27. The van der Waals surface area contributed by atoms with Crippen LogP contribution in [0.2, 0.25) is 0 Å². The summed E-state index contributed by atoms with van der Waals surface area (Å²) in [4.78, 5) is 21.9. The summed E-state index contributed by atoms with van der Waals surface area (Å²) >= 11 is 0. The van der Waals surface area contributed by atoms with Crippen LogP contribution in [0.3, 0.4) is 0 Å². The Hall–Kier alpha value is -2.02. The van der Waals surface area contributed by atoms with E-state index in [1.807, 2.05) is 0 Å². The van der Waals surface area contributed by atoms with Crippen LogP contribution in [0.4, 0.5) is 8.78 Å². The van der Waals surface area contributed by atoms with Crippen LogP contribution < -0.4 is 5.32 Å². The quantitative estimate of drug-likeness (QED) is 0.640. The number of halogens is 2. The molecule has 5 nitrogen and oxygen atoms in total. The molecule has 1 amide bonds. The van der Waals surface area contributed by atoms with Crippen molar-refractivity contribution in [3.63, 3.8) is 0 Å². The van der Waals surface area contributed by atoms with E-state index in [4.69, 9.17) is 5.11 Å². The zero-order valence-electron chi connectivity index (χ0n) is 12.2. The van der Waals surface area contributed by atoms with Gasteiger partial charge < -0.3 is 15.5 Å². The van der Waals surface area contributed by atoms with Gasteiger partial charge >= 0.3 is 5.97 Å². The number of carbonyl (C=O) groups excluding carboxylic acids is 1. The summed E-state index contributed by atoms with van der Waals surface area (Å²) in [5, 5.41) is 21.1. The SMILES string of the molecule is CC(O)(CNC(=O)CCCCC(=O)O)c1ccc(F)cc1F. The van der Waals surface area contributed by atoms with Gasteiger partial charge in [-0.05, 0) is 25.8 Å². The minimum Gasteiger partial charge on any atom is -0.481 e. The molecule has 0 bridgehead atoms. The Kier molecular flexibility index (Phi) is 6.42. The lowest BCUT2D eigenvalue weighted by Crippen LogP contribution is -2.39. The van der Waals surface area contributed by atoms with E-state index in [9.17, 15) is 23.5 Å². The number of nitrogens with one attached hydrogen (secondary N) is 1. The highest BCUT2D eigenvalue weighted by molar-refractivity contribution is 5.76. The van der Waals surface area contributed by atoms with Gasteiger partial charge in [0.2, 0.25) is 5.91 Å². The summed E-state index contributed by atoms with van der Waals surface area (Å²) in [5.74, 6) is -2.93. The molecule has 1 aromatic rings. The second kappa shape index (κ2) is 7.84. The van der Waals surface area contributed by atoms with Crippen LogP contribution in [-0.2, 0) is 15.2 Å². The van der Waals surface area contributed by atoms with Crippen molar-refractivity contribution in [3.8, 4) is 0 Å². The van der Waals surface area contributed by atoms with Crippen LogP contribution >= 0.6 is 0 Å². The lowest BCUT2D eigenvalue weighted by atomic mass is 9.95. The van der Waals surface area contributed by atoms with Crippen molar-refractivity contribution in [2.75, 3.05) is 6.54 Å². The van der Waals surface area contributed by atoms with Crippen LogP contribution in [-0.4, -0.2) is 28.6 Å². The highest BCUT2D eigenvalue weighted by Crippen LogP contribution is 2.23. The Morgan fingerprint density at radius 2 is 1.86 bits per heavy atom. The van der Waals surface area contributed by atoms with E-state index in [2.05, 4.69) is 5.32 Å². The molecule has 1 atom stereocenters. The maximum Gasteiger partial charge on any atom is 0.303 e. The number of amides is 1. The molecule has 0 saturated heterocycles. The van der Waals surface area contributed by atoms with E-state index in [1.165, 1.54) is 6.92 Å². The molecule has 0 aliphatic heterocycles. The number of carboxylic acids is 1. The molecule has 0 heterocycles. The van der Waals surface area contributed by atoms with E-state index in [0.717, 1.165) is 12.1 Å². The molecule has 7 heteroatoms. The number of hydrogen-bond donors (Lipinski definition) is 3. The third-order valence-corrected chi connectivity index (χ3v) is 3.19. The molecule has 122 valence electrons. The molecule has 0 radical (unpaired) electrons. The van der Waals surface area contributed by atoms with Gasteiger partial charge in [0.25, 0.3) is 0 Å². The second-order valence-electron chi connectivity index (χ2n) is 5.28. The fourth-order valence-electron chi connectivity index (χ4n) is 1.94. The van der Waals surface area contributed by atoms with Crippen LogP contribution in [0, 0.1) is 11.6 Å². The third-order valence-electron chi connectivity index (χ3n) is 3.19. The number of aliphatic hydroxyl groups is 1. The Bertz CT molecular complexity index is 546. The first-order valence-electron chi connectivity index (χ1n) is 6.89. The van der Waals surface area contributed by atoms with Gasteiger partial charge in [-0.15, -0.1) is 0 Å². The highest BCUT2D eigenvalue weighted by atomic mass is 19.1. The molecule has 0 aromatic heterocycles. The van der Waals surface area contributed by atoms with E-state index in [0.29, 0.717) is 18.9 Å². The molecule has 0 fully saturated rings. The standard InChI is InChI=1S/C15H19F2NO4/c1-15(22,11-7-6-10(16)8-12(11)17)9-18-13(19)4-2-3-5-14(20)21/h6-8,22H,2-5,9H2,1H3,(H,18,19)(H,20,21). The first-order chi connectivity index (χ1) is 10.2.